The first-order chi connectivity index (χ1) is 9.34. The van der Waals surface area contributed by atoms with E-state index in [1.165, 1.54) is 57.4 Å². The van der Waals surface area contributed by atoms with Gasteiger partial charge in [-0.25, -0.2) is 0 Å². The van der Waals surface area contributed by atoms with Crippen LogP contribution < -0.4 is 5.32 Å². The van der Waals surface area contributed by atoms with E-state index in [-0.39, 0.29) is 0 Å². The molecule has 0 saturated carbocycles. The minimum absolute atomic E-state index is 0.742. The average molecular weight is 262 g/mol. The molecule has 19 heavy (non-hydrogen) atoms. The van der Waals surface area contributed by atoms with Crippen LogP contribution in [0.15, 0.2) is 12.3 Å². The van der Waals surface area contributed by atoms with Gasteiger partial charge in [-0.05, 0) is 44.8 Å². The number of piperidine rings is 1. The van der Waals surface area contributed by atoms with Crippen LogP contribution in [0.5, 0.6) is 0 Å². The van der Waals surface area contributed by atoms with E-state index < -0.39 is 0 Å². The van der Waals surface area contributed by atoms with Gasteiger partial charge in [0.15, 0.2) is 0 Å². The summed E-state index contributed by atoms with van der Waals surface area (Å²) in [6, 6.07) is 3.66. The van der Waals surface area contributed by atoms with Gasteiger partial charge in [-0.3, -0.25) is 9.58 Å². The molecule has 0 spiro atoms. The number of nitrogens with zero attached hydrogens (tertiary/aromatic N) is 3. The second kappa shape index (κ2) is 6.06. The van der Waals surface area contributed by atoms with Crippen LogP contribution in [0.1, 0.15) is 37.8 Å². The maximum atomic E-state index is 4.26. The van der Waals surface area contributed by atoms with Crippen LogP contribution in [0.25, 0.3) is 0 Å². The summed E-state index contributed by atoms with van der Waals surface area (Å²) in [5.41, 5.74) is 1.35. The lowest BCUT2D eigenvalue weighted by Gasteiger charge is -2.39. The van der Waals surface area contributed by atoms with E-state index in [1.54, 1.807) is 0 Å². The maximum Gasteiger partial charge on any atom is 0.0492 e. The standard InChI is InChI=1S/C15H26N4/c1-18-13(7-10-17-18)8-12-19-11-3-2-6-15(19)14-5-4-9-16-14/h7,10,14-16H,2-6,8-9,11-12H2,1H3. The summed E-state index contributed by atoms with van der Waals surface area (Å²) in [6.45, 7) is 3.68. The second-order valence-electron chi connectivity index (χ2n) is 6.00. The van der Waals surface area contributed by atoms with Crippen LogP contribution in [0.4, 0.5) is 0 Å². The normalized spacial score (nSPS) is 28.9. The molecule has 106 valence electrons. The molecule has 0 aromatic carbocycles. The first-order valence-corrected chi connectivity index (χ1v) is 7.79. The SMILES string of the molecule is Cn1nccc1CCN1CCCCC1C1CCCN1. The van der Waals surface area contributed by atoms with E-state index in [4.69, 9.17) is 0 Å². The maximum absolute atomic E-state index is 4.26. The molecule has 1 aromatic rings. The Balaban J connectivity index is 1.59. The summed E-state index contributed by atoms with van der Waals surface area (Å²) >= 11 is 0. The van der Waals surface area contributed by atoms with Gasteiger partial charge in [0, 0.05) is 44.0 Å². The third kappa shape index (κ3) is 3.00. The molecule has 2 saturated heterocycles. The van der Waals surface area contributed by atoms with Crippen molar-refractivity contribution in [3.8, 4) is 0 Å². The lowest BCUT2D eigenvalue weighted by atomic mass is 9.94. The zero-order valence-electron chi connectivity index (χ0n) is 12.0. The zero-order chi connectivity index (χ0) is 13.1. The predicted octanol–water partition coefficient (Wildman–Crippen LogP) is 1.57. The first kappa shape index (κ1) is 13.1. The van der Waals surface area contributed by atoms with Crippen LogP contribution in [0.2, 0.25) is 0 Å². The van der Waals surface area contributed by atoms with Gasteiger partial charge in [0.05, 0.1) is 0 Å². The lowest BCUT2D eigenvalue weighted by molar-refractivity contribution is 0.121. The third-order valence-electron chi connectivity index (χ3n) is 4.80. The van der Waals surface area contributed by atoms with Gasteiger partial charge in [-0.1, -0.05) is 6.42 Å². The van der Waals surface area contributed by atoms with Crippen molar-refractivity contribution in [2.75, 3.05) is 19.6 Å². The Hall–Kier alpha value is -0.870. The number of nitrogens with one attached hydrogen (secondary N) is 1. The fourth-order valence-corrected chi connectivity index (χ4v) is 3.69. The molecule has 2 unspecified atom stereocenters. The molecule has 0 bridgehead atoms. The Morgan fingerprint density at radius 2 is 2.26 bits per heavy atom. The number of hydrogen-bond acceptors (Lipinski definition) is 3. The van der Waals surface area contributed by atoms with E-state index >= 15 is 0 Å². The molecule has 3 heterocycles. The van der Waals surface area contributed by atoms with Gasteiger partial charge < -0.3 is 5.32 Å². The molecule has 4 nitrogen and oxygen atoms in total. The monoisotopic (exact) mass is 262 g/mol. The quantitative estimate of drug-likeness (QED) is 0.894. The molecule has 2 fully saturated rings. The molecule has 0 aliphatic carbocycles. The van der Waals surface area contributed by atoms with Gasteiger partial charge in [-0.2, -0.15) is 5.10 Å². The summed E-state index contributed by atoms with van der Waals surface area (Å²) < 4.78 is 2.01. The zero-order valence-corrected chi connectivity index (χ0v) is 12.0. The number of aryl methyl sites for hydroxylation is 1. The molecule has 0 radical (unpaired) electrons. The van der Waals surface area contributed by atoms with Crippen LogP contribution in [-0.4, -0.2) is 46.4 Å². The molecular weight excluding hydrogens is 236 g/mol. The van der Waals surface area contributed by atoms with Gasteiger partial charge in [0.25, 0.3) is 0 Å². The minimum Gasteiger partial charge on any atom is -0.312 e. The molecule has 4 heteroatoms. The molecule has 2 atom stereocenters. The van der Waals surface area contributed by atoms with Crippen molar-refractivity contribution in [1.82, 2.24) is 20.0 Å². The third-order valence-corrected chi connectivity index (χ3v) is 4.80. The number of likely N-dealkylation sites (tertiary alicyclic amines) is 1. The summed E-state index contributed by atoms with van der Waals surface area (Å²) in [7, 11) is 2.04. The summed E-state index contributed by atoms with van der Waals surface area (Å²) in [5.74, 6) is 0. The first-order valence-electron chi connectivity index (χ1n) is 7.79. The van der Waals surface area contributed by atoms with Crippen molar-refractivity contribution < 1.29 is 0 Å². The van der Waals surface area contributed by atoms with Gasteiger partial charge in [0.2, 0.25) is 0 Å². The minimum atomic E-state index is 0.742. The Morgan fingerprint density at radius 3 is 3.00 bits per heavy atom. The van der Waals surface area contributed by atoms with E-state index in [9.17, 15) is 0 Å². The highest BCUT2D eigenvalue weighted by molar-refractivity contribution is 5.01. The van der Waals surface area contributed by atoms with E-state index in [2.05, 4.69) is 21.4 Å². The molecule has 2 aliphatic heterocycles. The van der Waals surface area contributed by atoms with E-state index in [1.807, 2.05) is 17.9 Å². The fourth-order valence-electron chi connectivity index (χ4n) is 3.69. The van der Waals surface area contributed by atoms with Crippen molar-refractivity contribution in [3.63, 3.8) is 0 Å². The fraction of sp³-hybridized carbons (Fsp3) is 0.800. The summed E-state index contributed by atoms with van der Waals surface area (Å²) in [5, 5.41) is 7.96. The Labute approximate surface area is 116 Å². The Bertz CT molecular complexity index is 395. The Morgan fingerprint density at radius 1 is 1.32 bits per heavy atom. The van der Waals surface area contributed by atoms with Crippen molar-refractivity contribution in [1.29, 1.82) is 0 Å². The van der Waals surface area contributed by atoms with Crippen molar-refractivity contribution in [3.05, 3.63) is 18.0 Å². The van der Waals surface area contributed by atoms with Crippen LogP contribution in [0, 0.1) is 0 Å². The van der Waals surface area contributed by atoms with Crippen LogP contribution in [0.3, 0.4) is 0 Å². The lowest BCUT2D eigenvalue weighted by Crippen LogP contribution is -2.50. The largest absolute Gasteiger partial charge is 0.312 e. The molecule has 1 aromatic heterocycles. The van der Waals surface area contributed by atoms with Crippen LogP contribution >= 0.6 is 0 Å². The van der Waals surface area contributed by atoms with Crippen molar-refractivity contribution >= 4 is 0 Å². The highest BCUT2D eigenvalue weighted by Crippen LogP contribution is 2.24. The predicted molar refractivity (Wildman–Crippen MR) is 77.1 cm³/mol. The Kier molecular flexibility index (Phi) is 4.18. The van der Waals surface area contributed by atoms with Crippen LogP contribution in [-0.2, 0) is 13.5 Å². The summed E-state index contributed by atoms with van der Waals surface area (Å²) in [6.07, 6.45) is 9.91. The topological polar surface area (TPSA) is 33.1 Å². The molecule has 3 rings (SSSR count). The highest BCUT2D eigenvalue weighted by Gasteiger charge is 2.31. The van der Waals surface area contributed by atoms with Gasteiger partial charge in [-0.15, -0.1) is 0 Å². The smallest absolute Gasteiger partial charge is 0.0492 e. The summed E-state index contributed by atoms with van der Waals surface area (Å²) in [4.78, 5) is 2.72. The highest BCUT2D eigenvalue weighted by atomic mass is 15.3. The number of rotatable bonds is 4. The van der Waals surface area contributed by atoms with Crippen molar-refractivity contribution in [2.45, 2.75) is 50.6 Å². The van der Waals surface area contributed by atoms with Crippen molar-refractivity contribution in [2.24, 2.45) is 7.05 Å². The molecule has 1 N–H and O–H groups in total. The molecular formula is C15H26N4. The second-order valence-corrected chi connectivity index (χ2v) is 6.00. The number of hydrogen-bond donors (Lipinski definition) is 1. The average Bonchev–Trinajstić information content (AvgIpc) is 3.08. The van der Waals surface area contributed by atoms with E-state index in [0.717, 1.165) is 18.5 Å². The molecule has 0 amide bonds. The number of aromatic nitrogens is 2. The molecule has 2 aliphatic rings. The van der Waals surface area contributed by atoms with E-state index in [0.29, 0.717) is 0 Å². The van der Waals surface area contributed by atoms with Gasteiger partial charge >= 0.3 is 0 Å². The van der Waals surface area contributed by atoms with Gasteiger partial charge in [0.1, 0.15) is 0 Å².